The quantitative estimate of drug-likeness (QED) is 0.852. The summed E-state index contributed by atoms with van der Waals surface area (Å²) in [4.78, 5) is 4.24. The van der Waals surface area contributed by atoms with Crippen LogP contribution >= 0.6 is 0 Å². The first-order chi connectivity index (χ1) is 7.85. The van der Waals surface area contributed by atoms with E-state index in [2.05, 4.69) is 4.98 Å². The van der Waals surface area contributed by atoms with Crippen molar-refractivity contribution in [2.24, 2.45) is 5.73 Å². The first kappa shape index (κ1) is 10.6. The molecule has 0 aliphatic carbocycles. The van der Waals surface area contributed by atoms with Crippen molar-refractivity contribution in [1.82, 2.24) is 4.98 Å². The van der Waals surface area contributed by atoms with Crippen LogP contribution in [0.1, 0.15) is 5.56 Å². The summed E-state index contributed by atoms with van der Waals surface area (Å²) >= 11 is 0. The molecule has 2 rings (SSSR count). The second kappa shape index (κ2) is 4.77. The van der Waals surface area contributed by atoms with Crippen molar-refractivity contribution in [2.75, 3.05) is 7.11 Å². The third-order valence-electron chi connectivity index (χ3n) is 2.45. The predicted molar refractivity (Wildman–Crippen MR) is 64.1 cm³/mol. The highest BCUT2D eigenvalue weighted by atomic mass is 16.5. The molecule has 0 aliphatic rings. The van der Waals surface area contributed by atoms with Gasteiger partial charge in [0.2, 0.25) is 5.88 Å². The van der Waals surface area contributed by atoms with Crippen LogP contribution in [0.15, 0.2) is 42.6 Å². The standard InChI is InChI=1S/C13H14N2O/c1-16-13-11(8-14)7-12(9-15-13)10-5-3-2-4-6-10/h2-7,9H,8,14H2,1H3. The first-order valence-corrected chi connectivity index (χ1v) is 5.13. The number of ether oxygens (including phenoxy) is 1. The van der Waals surface area contributed by atoms with Crippen LogP contribution in [0.3, 0.4) is 0 Å². The fourth-order valence-corrected chi connectivity index (χ4v) is 1.62. The lowest BCUT2D eigenvalue weighted by Crippen LogP contribution is -2.01. The number of benzene rings is 1. The van der Waals surface area contributed by atoms with E-state index in [-0.39, 0.29) is 0 Å². The summed E-state index contributed by atoms with van der Waals surface area (Å²) in [6, 6.07) is 12.1. The van der Waals surface area contributed by atoms with Gasteiger partial charge < -0.3 is 10.5 Å². The Morgan fingerprint density at radius 1 is 1.19 bits per heavy atom. The molecule has 3 nitrogen and oxygen atoms in total. The van der Waals surface area contributed by atoms with Crippen LogP contribution in [0.2, 0.25) is 0 Å². The summed E-state index contributed by atoms with van der Waals surface area (Å²) in [6.45, 7) is 0.427. The fraction of sp³-hybridized carbons (Fsp3) is 0.154. The van der Waals surface area contributed by atoms with Gasteiger partial charge in [0.15, 0.2) is 0 Å². The number of aromatic nitrogens is 1. The van der Waals surface area contributed by atoms with Gasteiger partial charge in [0.25, 0.3) is 0 Å². The molecule has 82 valence electrons. The van der Waals surface area contributed by atoms with E-state index in [4.69, 9.17) is 10.5 Å². The molecule has 1 aromatic heterocycles. The lowest BCUT2D eigenvalue weighted by molar-refractivity contribution is 0.393. The van der Waals surface area contributed by atoms with Gasteiger partial charge in [-0.05, 0) is 11.6 Å². The van der Waals surface area contributed by atoms with E-state index in [1.165, 1.54) is 0 Å². The smallest absolute Gasteiger partial charge is 0.217 e. The van der Waals surface area contributed by atoms with Crippen molar-refractivity contribution in [3.63, 3.8) is 0 Å². The third-order valence-corrected chi connectivity index (χ3v) is 2.45. The third kappa shape index (κ3) is 2.04. The second-order valence-electron chi connectivity index (χ2n) is 3.46. The minimum Gasteiger partial charge on any atom is -0.481 e. The lowest BCUT2D eigenvalue weighted by atomic mass is 10.1. The highest BCUT2D eigenvalue weighted by Gasteiger charge is 2.05. The molecule has 3 heteroatoms. The van der Waals surface area contributed by atoms with Crippen LogP contribution in [0.5, 0.6) is 5.88 Å². The molecule has 0 amide bonds. The van der Waals surface area contributed by atoms with Crippen LogP contribution in [-0.4, -0.2) is 12.1 Å². The molecule has 2 N–H and O–H groups in total. The molecule has 0 bridgehead atoms. The Kier molecular flexibility index (Phi) is 3.17. The van der Waals surface area contributed by atoms with Crippen LogP contribution in [-0.2, 0) is 6.54 Å². The van der Waals surface area contributed by atoms with E-state index >= 15 is 0 Å². The zero-order chi connectivity index (χ0) is 11.4. The monoisotopic (exact) mass is 214 g/mol. The van der Waals surface area contributed by atoms with Gasteiger partial charge in [0, 0.05) is 23.9 Å². The Morgan fingerprint density at radius 2 is 1.94 bits per heavy atom. The largest absolute Gasteiger partial charge is 0.481 e. The number of hydrogen-bond acceptors (Lipinski definition) is 3. The molecule has 16 heavy (non-hydrogen) atoms. The highest BCUT2D eigenvalue weighted by Crippen LogP contribution is 2.23. The molecule has 0 radical (unpaired) electrons. The number of rotatable bonds is 3. The van der Waals surface area contributed by atoms with E-state index < -0.39 is 0 Å². The lowest BCUT2D eigenvalue weighted by Gasteiger charge is -2.07. The van der Waals surface area contributed by atoms with E-state index in [0.717, 1.165) is 16.7 Å². The van der Waals surface area contributed by atoms with E-state index in [1.807, 2.05) is 36.4 Å². The number of pyridine rings is 1. The zero-order valence-electron chi connectivity index (χ0n) is 9.18. The van der Waals surface area contributed by atoms with Crippen molar-refractivity contribution in [3.8, 4) is 17.0 Å². The SMILES string of the molecule is COc1ncc(-c2ccccc2)cc1CN. The van der Waals surface area contributed by atoms with Gasteiger partial charge >= 0.3 is 0 Å². The summed E-state index contributed by atoms with van der Waals surface area (Å²) in [5.41, 5.74) is 8.76. The van der Waals surface area contributed by atoms with Crippen molar-refractivity contribution in [2.45, 2.75) is 6.54 Å². The molecular weight excluding hydrogens is 200 g/mol. The normalized spacial score (nSPS) is 10.1. The van der Waals surface area contributed by atoms with Gasteiger partial charge in [-0.25, -0.2) is 4.98 Å². The molecule has 0 unspecified atom stereocenters. The van der Waals surface area contributed by atoms with Crippen LogP contribution in [0.4, 0.5) is 0 Å². The summed E-state index contributed by atoms with van der Waals surface area (Å²) in [6.07, 6.45) is 1.80. The van der Waals surface area contributed by atoms with Gasteiger partial charge in [0.1, 0.15) is 0 Å². The maximum Gasteiger partial charge on any atom is 0.217 e. The van der Waals surface area contributed by atoms with E-state index in [0.29, 0.717) is 12.4 Å². The van der Waals surface area contributed by atoms with Gasteiger partial charge in [-0.15, -0.1) is 0 Å². The number of hydrogen-bond donors (Lipinski definition) is 1. The van der Waals surface area contributed by atoms with Crippen molar-refractivity contribution < 1.29 is 4.74 Å². The summed E-state index contributed by atoms with van der Waals surface area (Å²) in [5.74, 6) is 0.599. The Bertz CT molecular complexity index is 469. The van der Waals surface area contributed by atoms with E-state index in [9.17, 15) is 0 Å². The predicted octanol–water partition coefficient (Wildman–Crippen LogP) is 2.22. The highest BCUT2D eigenvalue weighted by molar-refractivity contribution is 5.63. The molecular formula is C13H14N2O. The first-order valence-electron chi connectivity index (χ1n) is 5.13. The fourth-order valence-electron chi connectivity index (χ4n) is 1.62. The molecule has 0 saturated heterocycles. The molecule has 1 aromatic carbocycles. The number of nitrogens with zero attached hydrogens (tertiary/aromatic N) is 1. The minimum atomic E-state index is 0.427. The summed E-state index contributed by atoms with van der Waals surface area (Å²) in [7, 11) is 1.60. The minimum absolute atomic E-state index is 0.427. The molecule has 0 aliphatic heterocycles. The topological polar surface area (TPSA) is 48.1 Å². The zero-order valence-corrected chi connectivity index (χ0v) is 9.18. The number of nitrogens with two attached hydrogens (primary N) is 1. The molecule has 0 spiro atoms. The van der Waals surface area contributed by atoms with Crippen LogP contribution in [0.25, 0.3) is 11.1 Å². The second-order valence-corrected chi connectivity index (χ2v) is 3.46. The van der Waals surface area contributed by atoms with Gasteiger partial charge in [0.05, 0.1) is 7.11 Å². The molecule has 1 heterocycles. The molecule has 0 fully saturated rings. The van der Waals surface area contributed by atoms with Crippen molar-refractivity contribution >= 4 is 0 Å². The average Bonchev–Trinajstić information content (AvgIpc) is 2.39. The van der Waals surface area contributed by atoms with Crippen LogP contribution < -0.4 is 10.5 Å². The maximum atomic E-state index is 5.65. The Morgan fingerprint density at radius 3 is 2.56 bits per heavy atom. The number of methoxy groups -OCH3 is 1. The molecule has 2 aromatic rings. The van der Waals surface area contributed by atoms with E-state index in [1.54, 1.807) is 13.3 Å². The van der Waals surface area contributed by atoms with Gasteiger partial charge in [-0.1, -0.05) is 30.3 Å². The average molecular weight is 214 g/mol. The Hall–Kier alpha value is -1.87. The summed E-state index contributed by atoms with van der Waals surface area (Å²) in [5, 5.41) is 0. The van der Waals surface area contributed by atoms with Gasteiger partial charge in [-0.3, -0.25) is 0 Å². The maximum absolute atomic E-state index is 5.65. The van der Waals surface area contributed by atoms with Crippen molar-refractivity contribution in [1.29, 1.82) is 0 Å². The molecule has 0 atom stereocenters. The Labute approximate surface area is 94.9 Å². The Balaban J connectivity index is 2.44. The summed E-state index contributed by atoms with van der Waals surface area (Å²) < 4.78 is 5.14. The van der Waals surface area contributed by atoms with Crippen molar-refractivity contribution in [3.05, 3.63) is 48.2 Å². The van der Waals surface area contributed by atoms with Crippen LogP contribution in [0, 0.1) is 0 Å². The van der Waals surface area contributed by atoms with Gasteiger partial charge in [-0.2, -0.15) is 0 Å². The molecule has 0 saturated carbocycles.